The number of methoxy groups -OCH3 is 3. The highest BCUT2D eigenvalue weighted by molar-refractivity contribution is 7.89. The zero-order valence-electron chi connectivity index (χ0n) is 18.9. The van der Waals surface area contributed by atoms with Crippen LogP contribution in [0.1, 0.15) is 24.0 Å². The number of amides is 1. The molecule has 1 aliphatic rings. The Balaban J connectivity index is 1.69. The molecule has 1 heterocycles. The van der Waals surface area contributed by atoms with Crippen LogP contribution in [0.5, 0.6) is 17.2 Å². The first kappa shape index (κ1) is 23.9. The minimum atomic E-state index is -3.78. The van der Waals surface area contributed by atoms with Crippen LogP contribution in [0, 0.1) is 12.8 Å². The number of piperidine rings is 1. The molecule has 2 aromatic rings. The first-order chi connectivity index (χ1) is 15.3. The van der Waals surface area contributed by atoms with Crippen LogP contribution in [-0.4, -0.2) is 53.0 Å². The van der Waals surface area contributed by atoms with Crippen molar-refractivity contribution in [1.82, 2.24) is 9.62 Å². The lowest BCUT2D eigenvalue weighted by atomic mass is 9.98. The molecule has 1 N–H and O–H groups in total. The number of carbonyl (C=O) groups is 1. The molecule has 0 unspecified atom stereocenters. The number of sulfonamides is 1. The number of benzene rings is 2. The van der Waals surface area contributed by atoms with Gasteiger partial charge in [0.05, 0.1) is 27.2 Å². The van der Waals surface area contributed by atoms with Crippen LogP contribution in [0.2, 0.25) is 0 Å². The van der Waals surface area contributed by atoms with E-state index in [1.165, 1.54) is 11.4 Å². The van der Waals surface area contributed by atoms with Crippen LogP contribution in [0.15, 0.2) is 41.3 Å². The van der Waals surface area contributed by atoms with Crippen molar-refractivity contribution >= 4 is 15.9 Å². The van der Waals surface area contributed by atoms with Crippen LogP contribution >= 0.6 is 0 Å². The Bertz CT molecular complexity index is 1070. The Morgan fingerprint density at radius 3 is 2.41 bits per heavy atom. The number of ether oxygens (including phenoxy) is 3. The quantitative estimate of drug-likeness (QED) is 0.648. The highest BCUT2D eigenvalue weighted by Gasteiger charge is 2.34. The fraction of sp³-hybridized carbons (Fsp3) is 0.435. The molecule has 9 heteroatoms. The molecule has 0 radical (unpaired) electrons. The normalized spacial score (nSPS) is 16.9. The van der Waals surface area contributed by atoms with E-state index >= 15 is 0 Å². The molecular weight excluding hydrogens is 432 g/mol. The Morgan fingerprint density at radius 2 is 1.72 bits per heavy atom. The van der Waals surface area contributed by atoms with Gasteiger partial charge in [-0.3, -0.25) is 4.79 Å². The van der Waals surface area contributed by atoms with E-state index in [1.807, 2.05) is 13.0 Å². The smallest absolute Gasteiger partial charge is 0.246 e. The third-order valence-electron chi connectivity index (χ3n) is 5.61. The zero-order valence-corrected chi connectivity index (χ0v) is 19.7. The van der Waals surface area contributed by atoms with E-state index in [2.05, 4.69) is 5.32 Å². The lowest BCUT2D eigenvalue weighted by molar-refractivity contribution is -0.126. The number of rotatable bonds is 8. The van der Waals surface area contributed by atoms with E-state index in [-0.39, 0.29) is 17.3 Å². The third kappa shape index (κ3) is 5.16. The van der Waals surface area contributed by atoms with Crippen molar-refractivity contribution in [2.24, 2.45) is 5.92 Å². The van der Waals surface area contributed by atoms with Gasteiger partial charge in [0.15, 0.2) is 11.5 Å². The Hall–Kier alpha value is -2.78. The SMILES string of the molecule is COc1ccc(CNC(=O)[C@@H]2CCCN(S(=O)(=O)c3cc(C)ccc3OC)C2)cc1OC. The van der Waals surface area contributed by atoms with E-state index in [1.54, 1.807) is 44.6 Å². The van der Waals surface area contributed by atoms with Gasteiger partial charge in [0.1, 0.15) is 10.6 Å². The van der Waals surface area contributed by atoms with E-state index in [0.717, 1.165) is 11.1 Å². The minimum absolute atomic E-state index is 0.131. The van der Waals surface area contributed by atoms with Gasteiger partial charge >= 0.3 is 0 Å². The lowest BCUT2D eigenvalue weighted by Gasteiger charge is -2.31. The first-order valence-corrected chi connectivity index (χ1v) is 11.9. The zero-order chi connectivity index (χ0) is 23.3. The van der Waals surface area contributed by atoms with Crippen molar-refractivity contribution in [2.45, 2.75) is 31.2 Å². The molecule has 2 aromatic carbocycles. The summed E-state index contributed by atoms with van der Waals surface area (Å²) in [7, 11) is 0.789. The van der Waals surface area contributed by atoms with Crippen LogP contribution < -0.4 is 19.5 Å². The van der Waals surface area contributed by atoms with Gasteiger partial charge in [0.25, 0.3) is 0 Å². The van der Waals surface area contributed by atoms with E-state index in [4.69, 9.17) is 14.2 Å². The van der Waals surface area contributed by atoms with Crippen molar-refractivity contribution in [3.8, 4) is 17.2 Å². The molecule has 1 amide bonds. The third-order valence-corrected chi connectivity index (χ3v) is 7.49. The summed E-state index contributed by atoms with van der Waals surface area (Å²) in [4.78, 5) is 13.0. The number of nitrogens with one attached hydrogen (secondary N) is 1. The molecule has 3 rings (SSSR count). The molecule has 0 spiro atoms. The second-order valence-corrected chi connectivity index (χ2v) is 9.67. The van der Waals surface area contributed by atoms with Gasteiger partial charge in [-0.15, -0.1) is 0 Å². The summed E-state index contributed by atoms with van der Waals surface area (Å²) in [5, 5.41) is 2.92. The van der Waals surface area contributed by atoms with Crippen LogP contribution in [0.25, 0.3) is 0 Å². The van der Waals surface area contributed by atoms with E-state index < -0.39 is 15.9 Å². The summed E-state index contributed by atoms with van der Waals surface area (Å²) >= 11 is 0. The number of aryl methyl sites for hydroxylation is 1. The Labute approximate surface area is 189 Å². The average molecular weight is 463 g/mol. The summed E-state index contributed by atoms with van der Waals surface area (Å²) in [6, 6.07) is 10.5. The van der Waals surface area contributed by atoms with Gasteiger partial charge in [-0.2, -0.15) is 4.31 Å². The fourth-order valence-corrected chi connectivity index (χ4v) is 5.59. The largest absolute Gasteiger partial charge is 0.495 e. The lowest BCUT2D eigenvalue weighted by Crippen LogP contribution is -2.45. The summed E-state index contributed by atoms with van der Waals surface area (Å²) in [6.07, 6.45) is 1.25. The maximum Gasteiger partial charge on any atom is 0.246 e. The molecular formula is C23H30N2O6S. The highest BCUT2D eigenvalue weighted by atomic mass is 32.2. The van der Waals surface area contributed by atoms with Crippen molar-refractivity contribution in [3.05, 3.63) is 47.5 Å². The maximum atomic E-state index is 13.3. The molecule has 1 fully saturated rings. The van der Waals surface area contributed by atoms with Gasteiger partial charge in [-0.05, 0) is 55.2 Å². The van der Waals surface area contributed by atoms with Gasteiger partial charge in [-0.25, -0.2) is 8.42 Å². The number of hydrogen-bond acceptors (Lipinski definition) is 6. The molecule has 0 saturated carbocycles. The molecule has 1 aliphatic heterocycles. The van der Waals surface area contributed by atoms with E-state index in [9.17, 15) is 13.2 Å². The molecule has 1 saturated heterocycles. The van der Waals surface area contributed by atoms with Crippen LogP contribution in [0.4, 0.5) is 0 Å². The van der Waals surface area contributed by atoms with Gasteiger partial charge in [0.2, 0.25) is 15.9 Å². The molecule has 0 bridgehead atoms. The molecule has 0 aliphatic carbocycles. The van der Waals surface area contributed by atoms with Gasteiger partial charge in [-0.1, -0.05) is 12.1 Å². The monoisotopic (exact) mass is 462 g/mol. The van der Waals surface area contributed by atoms with Gasteiger partial charge in [0, 0.05) is 19.6 Å². The Morgan fingerprint density at radius 1 is 1.03 bits per heavy atom. The van der Waals surface area contributed by atoms with Crippen LogP contribution in [-0.2, 0) is 21.4 Å². The predicted molar refractivity (Wildman–Crippen MR) is 121 cm³/mol. The summed E-state index contributed by atoms with van der Waals surface area (Å²) in [5.41, 5.74) is 1.69. The minimum Gasteiger partial charge on any atom is -0.495 e. The molecule has 32 heavy (non-hydrogen) atoms. The second kappa shape index (κ2) is 10.2. The Kier molecular flexibility index (Phi) is 7.63. The topological polar surface area (TPSA) is 94.2 Å². The van der Waals surface area contributed by atoms with Crippen molar-refractivity contribution < 1.29 is 27.4 Å². The molecule has 8 nitrogen and oxygen atoms in total. The van der Waals surface area contributed by atoms with Crippen LogP contribution in [0.3, 0.4) is 0 Å². The van der Waals surface area contributed by atoms with Gasteiger partial charge < -0.3 is 19.5 Å². The standard InChI is InChI=1S/C23H30N2O6S/c1-16-7-9-20(30-3)22(12-16)32(27,28)25-11-5-6-18(15-25)23(26)24-14-17-8-10-19(29-2)21(13-17)31-4/h7-10,12-13,18H,5-6,11,14-15H2,1-4H3,(H,24,26)/t18-/m1/s1. The predicted octanol–water partition coefficient (Wildman–Crippen LogP) is 2.74. The number of nitrogens with zero attached hydrogens (tertiary/aromatic N) is 1. The molecule has 1 atom stereocenters. The van der Waals surface area contributed by atoms with Crippen molar-refractivity contribution in [2.75, 3.05) is 34.4 Å². The maximum absolute atomic E-state index is 13.3. The number of hydrogen-bond donors (Lipinski definition) is 1. The summed E-state index contributed by atoms with van der Waals surface area (Å²) in [6.45, 7) is 2.66. The first-order valence-electron chi connectivity index (χ1n) is 10.4. The second-order valence-electron chi connectivity index (χ2n) is 7.76. The summed E-state index contributed by atoms with van der Waals surface area (Å²) < 4.78 is 43.8. The van der Waals surface area contributed by atoms with Crippen molar-refractivity contribution in [3.63, 3.8) is 0 Å². The highest BCUT2D eigenvalue weighted by Crippen LogP contribution is 2.31. The average Bonchev–Trinajstić information content (AvgIpc) is 2.82. The van der Waals surface area contributed by atoms with E-state index in [0.29, 0.717) is 43.2 Å². The fourth-order valence-electron chi connectivity index (χ4n) is 3.82. The summed E-state index contributed by atoms with van der Waals surface area (Å²) in [5.74, 6) is 0.907. The molecule has 174 valence electrons. The van der Waals surface area contributed by atoms with Crippen molar-refractivity contribution in [1.29, 1.82) is 0 Å². The molecule has 0 aromatic heterocycles. The number of carbonyl (C=O) groups excluding carboxylic acids is 1.